The van der Waals surface area contributed by atoms with Crippen molar-refractivity contribution in [1.82, 2.24) is 9.97 Å². The van der Waals surface area contributed by atoms with Gasteiger partial charge in [-0.1, -0.05) is 12.2 Å². The van der Waals surface area contributed by atoms with Crippen LogP contribution in [0.1, 0.15) is 5.82 Å². The van der Waals surface area contributed by atoms with Crippen molar-refractivity contribution in [1.29, 1.82) is 0 Å². The first-order valence-electron chi connectivity index (χ1n) is 4.81. The van der Waals surface area contributed by atoms with Crippen LogP contribution >= 0.6 is 0 Å². The van der Waals surface area contributed by atoms with Crippen LogP contribution in [0.4, 0.5) is 11.6 Å². The van der Waals surface area contributed by atoms with Crippen LogP contribution < -0.4 is 10.6 Å². The first kappa shape index (κ1) is 11.2. The molecule has 0 atom stereocenters. The van der Waals surface area contributed by atoms with E-state index in [0.29, 0.717) is 13.1 Å². The number of nitrogens with one attached hydrogen (secondary N) is 2. The van der Waals surface area contributed by atoms with E-state index >= 15 is 0 Å². The van der Waals surface area contributed by atoms with Gasteiger partial charge in [0.1, 0.15) is 17.5 Å². The largest absolute Gasteiger partial charge is 0.366 e. The summed E-state index contributed by atoms with van der Waals surface area (Å²) in [4.78, 5) is 8.49. The summed E-state index contributed by atoms with van der Waals surface area (Å²) in [6.07, 6.45) is 3.57. The third kappa shape index (κ3) is 3.81. The minimum Gasteiger partial charge on any atom is -0.366 e. The number of aromatic nitrogens is 2. The fourth-order valence-electron chi connectivity index (χ4n) is 1.10. The fourth-order valence-corrected chi connectivity index (χ4v) is 1.10. The lowest BCUT2D eigenvalue weighted by molar-refractivity contribution is 1.04. The van der Waals surface area contributed by atoms with Crippen LogP contribution in [-0.4, -0.2) is 23.1 Å². The van der Waals surface area contributed by atoms with Crippen molar-refractivity contribution < 1.29 is 0 Å². The Morgan fingerprint density at radius 2 is 1.60 bits per heavy atom. The van der Waals surface area contributed by atoms with Gasteiger partial charge in [0.15, 0.2) is 0 Å². The van der Waals surface area contributed by atoms with Crippen molar-refractivity contribution in [2.24, 2.45) is 0 Å². The Morgan fingerprint density at radius 3 is 2.00 bits per heavy atom. The van der Waals surface area contributed by atoms with Crippen molar-refractivity contribution in [2.45, 2.75) is 6.92 Å². The fraction of sp³-hybridized carbons (Fsp3) is 0.273. The topological polar surface area (TPSA) is 49.8 Å². The Balaban J connectivity index is 2.74. The predicted molar refractivity (Wildman–Crippen MR) is 64.1 cm³/mol. The molecule has 1 rings (SSSR count). The molecule has 0 spiro atoms. The third-order valence-electron chi connectivity index (χ3n) is 1.69. The highest BCUT2D eigenvalue weighted by atomic mass is 15.1. The minimum absolute atomic E-state index is 0.692. The number of rotatable bonds is 6. The van der Waals surface area contributed by atoms with Crippen molar-refractivity contribution in [3.8, 4) is 0 Å². The molecule has 1 heterocycles. The Labute approximate surface area is 90.1 Å². The van der Waals surface area contributed by atoms with E-state index in [-0.39, 0.29) is 0 Å². The molecule has 0 fully saturated rings. The monoisotopic (exact) mass is 204 g/mol. The van der Waals surface area contributed by atoms with Gasteiger partial charge in [-0.15, -0.1) is 13.2 Å². The van der Waals surface area contributed by atoms with E-state index < -0.39 is 0 Å². The molecule has 0 saturated heterocycles. The summed E-state index contributed by atoms with van der Waals surface area (Å²) in [7, 11) is 0. The van der Waals surface area contributed by atoms with Gasteiger partial charge in [-0.25, -0.2) is 9.97 Å². The molecule has 0 unspecified atom stereocenters. The molecule has 0 aliphatic heterocycles. The molecule has 0 aliphatic rings. The van der Waals surface area contributed by atoms with Gasteiger partial charge in [0, 0.05) is 19.2 Å². The van der Waals surface area contributed by atoms with Gasteiger partial charge in [-0.3, -0.25) is 0 Å². The van der Waals surface area contributed by atoms with Crippen LogP contribution in [0.5, 0.6) is 0 Å². The van der Waals surface area contributed by atoms with Gasteiger partial charge in [0.2, 0.25) is 0 Å². The number of nitrogens with zero attached hydrogens (tertiary/aromatic N) is 2. The maximum Gasteiger partial charge on any atom is 0.132 e. The summed E-state index contributed by atoms with van der Waals surface area (Å²) in [6, 6.07) is 1.86. The van der Waals surface area contributed by atoms with E-state index in [1.807, 2.05) is 13.0 Å². The maximum absolute atomic E-state index is 4.24. The molecule has 0 amide bonds. The van der Waals surface area contributed by atoms with Gasteiger partial charge >= 0.3 is 0 Å². The van der Waals surface area contributed by atoms with Gasteiger partial charge in [-0.2, -0.15) is 0 Å². The van der Waals surface area contributed by atoms with E-state index in [2.05, 4.69) is 33.8 Å². The Bertz CT molecular complexity index is 316. The lowest BCUT2D eigenvalue weighted by Crippen LogP contribution is -2.06. The highest BCUT2D eigenvalue weighted by Crippen LogP contribution is 2.10. The average Bonchev–Trinajstić information content (AvgIpc) is 2.23. The van der Waals surface area contributed by atoms with E-state index in [9.17, 15) is 0 Å². The van der Waals surface area contributed by atoms with E-state index in [4.69, 9.17) is 0 Å². The van der Waals surface area contributed by atoms with Crippen LogP contribution in [0, 0.1) is 6.92 Å². The van der Waals surface area contributed by atoms with Crippen molar-refractivity contribution in [2.75, 3.05) is 23.7 Å². The molecule has 4 nitrogen and oxygen atoms in total. The van der Waals surface area contributed by atoms with Gasteiger partial charge in [0.25, 0.3) is 0 Å². The van der Waals surface area contributed by atoms with Crippen molar-refractivity contribution >= 4 is 11.6 Å². The first-order chi connectivity index (χ1) is 7.26. The number of hydrogen-bond acceptors (Lipinski definition) is 4. The Morgan fingerprint density at radius 1 is 1.13 bits per heavy atom. The summed E-state index contributed by atoms with van der Waals surface area (Å²) in [5.41, 5.74) is 0. The van der Waals surface area contributed by atoms with Crippen LogP contribution in [-0.2, 0) is 0 Å². The predicted octanol–water partition coefficient (Wildman–Crippen LogP) is 1.98. The lowest BCUT2D eigenvalue weighted by Gasteiger charge is -2.07. The van der Waals surface area contributed by atoms with Gasteiger partial charge < -0.3 is 10.6 Å². The number of hydrogen-bond donors (Lipinski definition) is 2. The molecule has 15 heavy (non-hydrogen) atoms. The van der Waals surface area contributed by atoms with Crippen LogP contribution in [0.2, 0.25) is 0 Å². The zero-order chi connectivity index (χ0) is 11.1. The highest BCUT2D eigenvalue weighted by molar-refractivity contribution is 5.47. The molecule has 1 aromatic heterocycles. The second-order valence-electron chi connectivity index (χ2n) is 3.02. The SMILES string of the molecule is C=CCNc1cc(NCC=C)nc(C)n1. The Kier molecular flexibility index (Phi) is 4.34. The standard InChI is InChI=1S/C11H16N4/c1-4-6-12-10-8-11(13-7-5-2)15-9(3)14-10/h4-5,8H,1-2,6-7H2,3H3,(H2,12,13,14,15). The molecule has 80 valence electrons. The molecule has 4 heteroatoms. The van der Waals surface area contributed by atoms with Crippen LogP contribution in [0.25, 0.3) is 0 Å². The molecule has 0 aliphatic carbocycles. The summed E-state index contributed by atoms with van der Waals surface area (Å²) in [6.45, 7) is 10.5. The molecular formula is C11H16N4. The molecule has 0 radical (unpaired) electrons. The maximum atomic E-state index is 4.24. The number of aryl methyl sites for hydroxylation is 1. The summed E-state index contributed by atoms with van der Waals surface area (Å²) in [5, 5.41) is 6.23. The van der Waals surface area contributed by atoms with Crippen molar-refractivity contribution in [3.63, 3.8) is 0 Å². The average molecular weight is 204 g/mol. The van der Waals surface area contributed by atoms with E-state index in [1.165, 1.54) is 0 Å². The third-order valence-corrected chi connectivity index (χ3v) is 1.69. The zero-order valence-corrected chi connectivity index (χ0v) is 8.95. The van der Waals surface area contributed by atoms with Crippen LogP contribution in [0.15, 0.2) is 31.4 Å². The second-order valence-corrected chi connectivity index (χ2v) is 3.02. The smallest absolute Gasteiger partial charge is 0.132 e. The first-order valence-corrected chi connectivity index (χ1v) is 4.81. The van der Waals surface area contributed by atoms with E-state index in [0.717, 1.165) is 17.5 Å². The minimum atomic E-state index is 0.692. The summed E-state index contributed by atoms with van der Waals surface area (Å²) >= 11 is 0. The molecule has 0 bridgehead atoms. The zero-order valence-electron chi connectivity index (χ0n) is 8.95. The summed E-state index contributed by atoms with van der Waals surface area (Å²) in [5.74, 6) is 2.33. The van der Waals surface area contributed by atoms with Crippen LogP contribution in [0.3, 0.4) is 0 Å². The van der Waals surface area contributed by atoms with Gasteiger partial charge in [0.05, 0.1) is 0 Å². The normalized spacial score (nSPS) is 9.40. The Hall–Kier alpha value is -1.84. The lowest BCUT2D eigenvalue weighted by atomic mass is 10.4. The molecule has 0 saturated carbocycles. The molecule has 0 aromatic carbocycles. The van der Waals surface area contributed by atoms with E-state index in [1.54, 1.807) is 12.2 Å². The molecule has 1 aromatic rings. The quantitative estimate of drug-likeness (QED) is 0.696. The molecular weight excluding hydrogens is 188 g/mol. The van der Waals surface area contributed by atoms with Gasteiger partial charge in [-0.05, 0) is 6.92 Å². The second kappa shape index (κ2) is 5.80. The van der Waals surface area contributed by atoms with Crippen molar-refractivity contribution in [3.05, 3.63) is 37.2 Å². The number of anilines is 2. The highest BCUT2D eigenvalue weighted by Gasteiger charge is 1.99. The molecule has 2 N–H and O–H groups in total. The summed E-state index contributed by atoms with van der Waals surface area (Å²) < 4.78 is 0.